The van der Waals surface area contributed by atoms with Crippen LogP contribution in [-0.2, 0) is 4.79 Å². The number of halogens is 1. The summed E-state index contributed by atoms with van der Waals surface area (Å²) in [6.45, 7) is 0. The number of anilines is 1. The molecule has 5 rings (SSSR count). The van der Waals surface area contributed by atoms with Gasteiger partial charge in [0.1, 0.15) is 17.6 Å². The van der Waals surface area contributed by atoms with Gasteiger partial charge in [0.05, 0.1) is 27.8 Å². The summed E-state index contributed by atoms with van der Waals surface area (Å²) in [7, 11) is 1.55. The number of nitrogens with zero attached hydrogens (tertiary/aromatic N) is 2. The molecule has 1 aliphatic heterocycles. The number of amides is 1. The summed E-state index contributed by atoms with van der Waals surface area (Å²) in [5.41, 5.74) is 0.546. The molecule has 2 aromatic heterocycles. The fraction of sp³-hybridized carbons (Fsp3) is 0.0870. The molecule has 1 atom stereocenters. The number of carbonyl (C=O) groups is 2. The predicted molar refractivity (Wildman–Crippen MR) is 121 cm³/mol. The van der Waals surface area contributed by atoms with Gasteiger partial charge in [-0.25, -0.2) is 9.37 Å². The first kappa shape index (κ1) is 20.3. The maximum absolute atomic E-state index is 14.9. The third-order valence-electron chi connectivity index (χ3n) is 5.19. The Morgan fingerprint density at radius 2 is 2.00 bits per heavy atom. The molecule has 0 unspecified atom stereocenters. The van der Waals surface area contributed by atoms with Gasteiger partial charge in [-0.15, -0.1) is 11.3 Å². The second kappa shape index (κ2) is 7.85. The average molecular weight is 467 g/mol. The molecule has 0 aliphatic carbocycles. The number of Topliss-reactive ketones (excluding diaryl/α,β-unsaturated/α-hetero) is 1. The first-order chi connectivity index (χ1) is 15.5. The van der Waals surface area contributed by atoms with Gasteiger partial charge in [-0.3, -0.25) is 14.5 Å². The van der Waals surface area contributed by atoms with Crippen molar-refractivity contribution in [3.05, 3.63) is 87.6 Å². The number of carbonyl (C=O) groups excluding carboxylic acids is 2. The van der Waals surface area contributed by atoms with Gasteiger partial charge in [0.2, 0.25) is 5.78 Å². The van der Waals surface area contributed by atoms with E-state index in [1.54, 1.807) is 48.9 Å². The fourth-order valence-corrected chi connectivity index (χ4v) is 5.39. The number of benzene rings is 2. The molecule has 0 radical (unpaired) electrons. The minimum atomic E-state index is -1.15. The van der Waals surface area contributed by atoms with E-state index in [1.165, 1.54) is 45.8 Å². The summed E-state index contributed by atoms with van der Waals surface area (Å²) >= 11 is 2.37. The summed E-state index contributed by atoms with van der Waals surface area (Å²) in [6, 6.07) is 13.3. The lowest BCUT2D eigenvalue weighted by Crippen LogP contribution is -2.31. The first-order valence-corrected chi connectivity index (χ1v) is 11.2. The molecule has 0 spiro atoms. The number of aliphatic hydroxyl groups excluding tert-OH is 1. The van der Waals surface area contributed by atoms with Crippen molar-refractivity contribution < 1.29 is 23.8 Å². The van der Waals surface area contributed by atoms with Crippen LogP contribution in [0, 0.1) is 5.82 Å². The van der Waals surface area contributed by atoms with E-state index in [4.69, 9.17) is 4.74 Å². The van der Waals surface area contributed by atoms with E-state index in [0.29, 0.717) is 16.1 Å². The predicted octanol–water partition coefficient (Wildman–Crippen LogP) is 5.29. The fourth-order valence-electron chi connectivity index (χ4n) is 3.69. The van der Waals surface area contributed by atoms with Gasteiger partial charge in [-0.2, -0.15) is 0 Å². The number of ether oxygens (including phenoxy) is 1. The molecule has 1 aliphatic rings. The van der Waals surface area contributed by atoms with Gasteiger partial charge in [-0.1, -0.05) is 35.6 Å². The highest BCUT2D eigenvalue weighted by Crippen LogP contribution is 2.45. The molecule has 160 valence electrons. The van der Waals surface area contributed by atoms with Crippen LogP contribution in [0.2, 0.25) is 0 Å². The van der Waals surface area contributed by atoms with Crippen molar-refractivity contribution in [1.82, 2.24) is 4.98 Å². The molecule has 2 aromatic carbocycles. The molecular weight excluding hydrogens is 451 g/mol. The molecule has 0 saturated carbocycles. The summed E-state index contributed by atoms with van der Waals surface area (Å²) in [4.78, 5) is 32.5. The molecule has 32 heavy (non-hydrogen) atoms. The Labute approximate surface area is 189 Å². The van der Waals surface area contributed by atoms with Crippen LogP contribution in [0.3, 0.4) is 0 Å². The summed E-state index contributed by atoms with van der Waals surface area (Å²) in [5, 5.41) is 12.7. The van der Waals surface area contributed by atoms with Crippen LogP contribution >= 0.6 is 22.7 Å². The van der Waals surface area contributed by atoms with E-state index >= 15 is 0 Å². The van der Waals surface area contributed by atoms with Crippen molar-refractivity contribution in [1.29, 1.82) is 0 Å². The van der Waals surface area contributed by atoms with Crippen LogP contribution in [0.5, 0.6) is 5.75 Å². The zero-order valence-corrected chi connectivity index (χ0v) is 18.2. The highest BCUT2D eigenvalue weighted by atomic mass is 32.1. The van der Waals surface area contributed by atoms with E-state index in [9.17, 15) is 19.1 Å². The van der Waals surface area contributed by atoms with Gasteiger partial charge < -0.3 is 9.84 Å². The number of thiazole rings is 1. The number of hydrogen-bond donors (Lipinski definition) is 1. The van der Waals surface area contributed by atoms with Gasteiger partial charge in [0.25, 0.3) is 5.91 Å². The Morgan fingerprint density at radius 1 is 1.19 bits per heavy atom. The number of hydrogen-bond acceptors (Lipinski definition) is 7. The van der Waals surface area contributed by atoms with Crippen LogP contribution in [0.15, 0.2) is 71.3 Å². The number of methoxy groups -OCH3 is 1. The van der Waals surface area contributed by atoms with Crippen molar-refractivity contribution in [3.8, 4) is 5.75 Å². The van der Waals surface area contributed by atoms with Crippen LogP contribution in [-0.4, -0.2) is 28.9 Å². The van der Waals surface area contributed by atoms with Crippen molar-refractivity contribution in [2.45, 2.75) is 6.04 Å². The number of thiophene rings is 1. The minimum absolute atomic E-state index is 0.0987. The molecule has 0 fully saturated rings. The molecule has 9 heteroatoms. The van der Waals surface area contributed by atoms with Crippen molar-refractivity contribution in [3.63, 3.8) is 0 Å². The quantitative estimate of drug-likeness (QED) is 0.405. The Hall–Kier alpha value is -3.56. The first-order valence-electron chi connectivity index (χ1n) is 9.53. The monoisotopic (exact) mass is 466 g/mol. The number of rotatable bonds is 5. The summed E-state index contributed by atoms with van der Waals surface area (Å²) in [5.74, 6) is -1.99. The maximum Gasteiger partial charge on any atom is 0.296 e. The number of fused-ring (bicyclic) bond motifs is 1. The van der Waals surface area contributed by atoms with E-state index in [0.717, 1.165) is 4.70 Å². The lowest BCUT2D eigenvalue weighted by Gasteiger charge is -2.24. The average Bonchev–Trinajstić information content (AvgIpc) is 3.52. The molecule has 4 aromatic rings. The van der Waals surface area contributed by atoms with Crippen molar-refractivity contribution in [2.24, 2.45) is 0 Å². The van der Waals surface area contributed by atoms with E-state index in [-0.39, 0.29) is 16.3 Å². The molecule has 0 saturated heterocycles. The standard InChI is InChI=1S/C23H15FN2O4S2/c1-30-12-8-9-15-17(11-12)32-23(25-15)26-19(13-5-2-3-6-14(13)24)18(21(28)22(26)29)20(27)16-7-4-10-31-16/h2-11,19,28H,1H3/t19-/m0/s1. The lowest BCUT2D eigenvalue weighted by atomic mass is 9.95. The largest absolute Gasteiger partial charge is 0.503 e. The van der Waals surface area contributed by atoms with Crippen LogP contribution < -0.4 is 9.64 Å². The smallest absolute Gasteiger partial charge is 0.296 e. The lowest BCUT2D eigenvalue weighted by molar-refractivity contribution is -0.117. The zero-order chi connectivity index (χ0) is 22.4. The van der Waals surface area contributed by atoms with E-state index in [2.05, 4.69) is 4.98 Å². The topological polar surface area (TPSA) is 79.7 Å². The molecular formula is C23H15FN2O4S2. The Morgan fingerprint density at radius 3 is 2.72 bits per heavy atom. The van der Waals surface area contributed by atoms with Crippen LogP contribution in [0.1, 0.15) is 21.3 Å². The molecule has 0 bridgehead atoms. The van der Waals surface area contributed by atoms with Gasteiger partial charge in [-0.05, 0) is 35.7 Å². The maximum atomic E-state index is 14.9. The highest BCUT2D eigenvalue weighted by Gasteiger charge is 2.47. The number of aliphatic hydroxyl groups is 1. The molecule has 6 nitrogen and oxygen atoms in total. The molecule has 1 N–H and O–H groups in total. The zero-order valence-electron chi connectivity index (χ0n) is 16.6. The number of ketones is 1. The SMILES string of the molecule is COc1ccc2nc(N3C(=O)C(O)=C(C(=O)c4cccs4)[C@@H]3c3ccccc3F)sc2c1. The Balaban J connectivity index is 1.69. The second-order valence-corrected chi connectivity index (χ2v) is 8.95. The minimum Gasteiger partial charge on any atom is -0.503 e. The Kier molecular flexibility index (Phi) is 4.99. The molecule has 3 heterocycles. The highest BCUT2D eigenvalue weighted by molar-refractivity contribution is 7.22. The summed E-state index contributed by atoms with van der Waals surface area (Å²) in [6.07, 6.45) is 0. The van der Waals surface area contributed by atoms with Crippen LogP contribution in [0.25, 0.3) is 10.2 Å². The summed E-state index contributed by atoms with van der Waals surface area (Å²) < 4.78 is 20.9. The van der Waals surface area contributed by atoms with Gasteiger partial charge in [0.15, 0.2) is 10.9 Å². The third kappa shape index (κ3) is 3.17. The molecule has 1 amide bonds. The Bertz CT molecular complexity index is 1390. The number of aromatic nitrogens is 1. The second-order valence-electron chi connectivity index (χ2n) is 7.00. The van der Waals surface area contributed by atoms with Crippen LogP contribution in [0.4, 0.5) is 9.52 Å². The van der Waals surface area contributed by atoms with Crippen molar-refractivity contribution >= 4 is 49.7 Å². The van der Waals surface area contributed by atoms with Crippen molar-refractivity contribution in [2.75, 3.05) is 12.0 Å². The van der Waals surface area contributed by atoms with Gasteiger partial charge >= 0.3 is 0 Å². The van der Waals surface area contributed by atoms with E-state index < -0.39 is 29.3 Å². The van der Waals surface area contributed by atoms with E-state index in [1.807, 2.05) is 0 Å². The third-order valence-corrected chi connectivity index (χ3v) is 7.07. The van der Waals surface area contributed by atoms with Gasteiger partial charge in [0, 0.05) is 5.56 Å². The normalized spacial score (nSPS) is 16.2.